The van der Waals surface area contributed by atoms with E-state index in [4.69, 9.17) is 0 Å². The highest BCUT2D eigenvalue weighted by Gasteiger charge is 2.20. The molecule has 21 heavy (non-hydrogen) atoms. The number of halogens is 1. The average Bonchev–Trinajstić information content (AvgIpc) is 3.05. The predicted molar refractivity (Wildman–Crippen MR) is 79.1 cm³/mol. The van der Waals surface area contributed by atoms with Crippen LogP contribution >= 0.6 is 15.9 Å². The molecule has 0 radical (unpaired) electrons. The molecule has 0 saturated carbocycles. The van der Waals surface area contributed by atoms with Crippen molar-refractivity contribution in [2.45, 2.75) is 20.3 Å². The molecule has 2 N–H and O–H groups in total. The minimum atomic E-state index is -0.321. The van der Waals surface area contributed by atoms with E-state index in [9.17, 15) is 4.79 Å². The van der Waals surface area contributed by atoms with Crippen LogP contribution < -0.4 is 5.32 Å². The van der Waals surface area contributed by atoms with E-state index >= 15 is 0 Å². The van der Waals surface area contributed by atoms with Crippen molar-refractivity contribution in [3.05, 3.63) is 33.7 Å². The van der Waals surface area contributed by atoms with E-state index in [1.54, 1.807) is 4.40 Å². The lowest BCUT2D eigenvalue weighted by Crippen LogP contribution is -2.17. The number of anilines is 1. The van der Waals surface area contributed by atoms with Crippen molar-refractivity contribution in [2.75, 3.05) is 5.32 Å². The summed E-state index contributed by atoms with van der Waals surface area (Å²) in [4.78, 5) is 17.0. The van der Waals surface area contributed by atoms with E-state index in [-0.39, 0.29) is 11.9 Å². The topological polar surface area (TPSA) is 101 Å². The fraction of sp³-hybridized carbons (Fsp3) is 0.250. The number of hydrogen-bond donors (Lipinski definition) is 2. The molecule has 3 heterocycles. The second kappa shape index (κ2) is 5.24. The van der Waals surface area contributed by atoms with Crippen LogP contribution in [0.2, 0.25) is 0 Å². The summed E-state index contributed by atoms with van der Waals surface area (Å²) in [6.45, 7) is 3.91. The van der Waals surface area contributed by atoms with Gasteiger partial charge in [0.2, 0.25) is 0 Å². The van der Waals surface area contributed by atoms with Gasteiger partial charge < -0.3 is 0 Å². The SMILES string of the molecule is CCc1nc2c(Br)cc(C)cn2c1C(=O)Nc1nn[nH]n1. The summed E-state index contributed by atoms with van der Waals surface area (Å²) in [6.07, 6.45) is 2.51. The van der Waals surface area contributed by atoms with Gasteiger partial charge in [0, 0.05) is 6.20 Å². The molecule has 0 aliphatic carbocycles. The standard InChI is InChI=1S/C12H12BrN7O/c1-3-8-9(11(21)15-12-16-18-19-17-12)20-5-6(2)4-7(13)10(20)14-8/h4-5H,3H2,1-2H3,(H2,15,16,17,18,19,21). The number of aromatic amines is 1. The third-order valence-corrected chi connectivity index (χ3v) is 3.59. The van der Waals surface area contributed by atoms with Crippen molar-refractivity contribution in [2.24, 2.45) is 0 Å². The van der Waals surface area contributed by atoms with Crippen LogP contribution in [0, 0.1) is 6.92 Å². The molecule has 3 aromatic rings. The molecule has 108 valence electrons. The number of carbonyl (C=O) groups excluding carboxylic acids is 1. The number of pyridine rings is 1. The lowest BCUT2D eigenvalue weighted by molar-refractivity contribution is 0.101. The van der Waals surface area contributed by atoms with Crippen molar-refractivity contribution < 1.29 is 4.79 Å². The first-order chi connectivity index (χ1) is 10.1. The molecule has 0 saturated heterocycles. The van der Waals surface area contributed by atoms with E-state index in [0.29, 0.717) is 23.5 Å². The highest BCUT2D eigenvalue weighted by atomic mass is 79.9. The number of nitrogens with zero attached hydrogens (tertiary/aromatic N) is 5. The number of nitrogens with one attached hydrogen (secondary N) is 2. The van der Waals surface area contributed by atoms with E-state index < -0.39 is 0 Å². The van der Waals surface area contributed by atoms with Crippen molar-refractivity contribution in [3.63, 3.8) is 0 Å². The monoisotopic (exact) mass is 349 g/mol. The number of rotatable bonds is 3. The van der Waals surface area contributed by atoms with Gasteiger partial charge in [-0.1, -0.05) is 12.0 Å². The van der Waals surface area contributed by atoms with Crippen LogP contribution in [0.4, 0.5) is 5.95 Å². The van der Waals surface area contributed by atoms with E-state index in [1.807, 2.05) is 26.1 Å². The van der Waals surface area contributed by atoms with Crippen molar-refractivity contribution in [3.8, 4) is 0 Å². The number of aryl methyl sites for hydroxylation is 2. The lowest BCUT2D eigenvalue weighted by atomic mass is 10.2. The number of tetrazole rings is 1. The Bertz CT molecular complexity index is 809. The normalized spacial score (nSPS) is 11.0. The summed E-state index contributed by atoms with van der Waals surface area (Å²) in [5, 5.41) is 15.7. The van der Waals surface area contributed by atoms with Gasteiger partial charge in [0.1, 0.15) is 5.69 Å². The quantitative estimate of drug-likeness (QED) is 0.749. The van der Waals surface area contributed by atoms with Crippen LogP contribution in [0.5, 0.6) is 0 Å². The van der Waals surface area contributed by atoms with Crippen molar-refractivity contribution in [1.82, 2.24) is 30.0 Å². The molecule has 0 fully saturated rings. The van der Waals surface area contributed by atoms with E-state index in [2.05, 4.69) is 46.9 Å². The number of amides is 1. The first-order valence-electron chi connectivity index (χ1n) is 6.32. The molecule has 0 atom stereocenters. The highest BCUT2D eigenvalue weighted by molar-refractivity contribution is 9.10. The molecular weight excluding hydrogens is 338 g/mol. The van der Waals surface area contributed by atoms with Crippen LogP contribution in [0.25, 0.3) is 5.65 Å². The van der Waals surface area contributed by atoms with E-state index in [0.717, 1.165) is 10.0 Å². The summed E-state index contributed by atoms with van der Waals surface area (Å²) in [7, 11) is 0. The maximum absolute atomic E-state index is 12.5. The zero-order chi connectivity index (χ0) is 15.0. The molecule has 0 spiro atoms. The Morgan fingerprint density at radius 3 is 3.00 bits per heavy atom. The minimum Gasteiger partial charge on any atom is -0.294 e. The second-order valence-corrected chi connectivity index (χ2v) is 5.36. The number of imidazole rings is 1. The second-order valence-electron chi connectivity index (χ2n) is 4.51. The maximum Gasteiger partial charge on any atom is 0.277 e. The minimum absolute atomic E-state index is 0.128. The molecule has 0 bridgehead atoms. The van der Waals surface area contributed by atoms with Crippen molar-refractivity contribution >= 4 is 33.4 Å². The van der Waals surface area contributed by atoms with Gasteiger partial charge in [-0.25, -0.2) is 4.98 Å². The molecule has 3 aromatic heterocycles. The van der Waals surface area contributed by atoms with Gasteiger partial charge in [0.25, 0.3) is 11.9 Å². The fourth-order valence-electron chi connectivity index (χ4n) is 2.14. The Kier molecular flexibility index (Phi) is 3.42. The summed E-state index contributed by atoms with van der Waals surface area (Å²) in [5.41, 5.74) is 2.91. The zero-order valence-electron chi connectivity index (χ0n) is 11.4. The predicted octanol–water partition coefficient (Wildman–Crippen LogP) is 1.73. The molecule has 3 rings (SSSR count). The molecule has 0 aromatic carbocycles. The smallest absolute Gasteiger partial charge is 0.277 e. The number of aromatic nitrogens is 6. The maximum atomic E-state index is 12.5. The number of fused-ring (bicyclic) bond motifs is 1. The fourth-order valence-corrected chi connectivity index (χ4v) is 2.78. The summed E-state index contributed by atoms with van der Waals surface area (Å²) < 4.78 is 2.61. The number of hydrogen-bond acceptors (Lipinski definition) is 5. The third kappa shape index (κ3) is 2.40. The van der Waals surface area contributed by atoms with Gasteiger partial charge in [-0.3, -0.25) is 14.5 Å². The Morgan fingerprint density at radius 1 is 1.52 bits per heavy atom. The average molecular weight is 350 g/mol. The van der Waals surface area contributed by atoms with Crippen LogP contribution in [0.15, 0.2) is 16.7 Å². The Labute approximate surface area is 128 Å². The van der Waals surface area contributed by atoms with Gasteiger partial charge in [-0.2, -0.15) is 5.21 Å². The van der Waals surface area contributed by atoms with Gasteiger partial charge in [-0.15, -0.1) is 5.10 Å². The Balaban J connectivity index is 2.13. The van der Waals surface area contributed by atoms with E-state index in [1.165, 1.54) is 0 Å². The molecular formula is C12H12BrN7O. The lowest BCUT2D eigenvalue weighted by Gasteiger charge is -2.05. The van der Waals surface area contributed by atoms with Crippen LogP contribution in [0.1, 0.15) is 28.7 Å². The van der Waals surface area contributed by atoms with Gasteiger partial charge >= 0.3 is 0 Å². The van der Waals surface area contributed by atoms with Crippen LogP contribution in [-0.2, 0) is 6.42 Å². The van der Waals surface area contributed by atoms with Gasteiger partial charge in [0.15, 0.2) is 5.65 Å². The van der Waals surface area contributed by atoms with Gasteiger partial charge in [-0.05, 0) is 46.1 Å². The van der Waals surface area contributed by atoms with Crippen LogP contribution in [0.3, 0.4) is 0 Å². The molecule has 1 amide bonds. The Hall–Kier alpha value is -2.29. The first-order valence-corrected chi connectivity index (χ1v) is 7.11. The number of carbonyl (C=O) groups is 1. The largest absolute Gasteiger partial charge is 0.294 e. The number of H-pyrrole nitrogens is 1. The molecule has 8 nitrogen and oxygen atoms in total. The molecule has 0 unspecified atom stereocenters. The van der Waals surface area contributed by atoms with Gasteiger partial charge in [0.05, 0.1) is 10.2 Å². The zero-order valence-corrected chi connectivity index (χ0v) is 13.0. The molecule has 0 aliphatic heterocycles. The van der Waals surface area contributed by atoms with Crippen molar-refractivity contribution in [1.29, 1.82) is 0 Å². The van der Waals surface area contributed by atoms with Crippen LogP contribution in [-0.4, -0.2) is 35.9 Å². The summed E-state index contributed by atoms with van der Waals surface area (Å²) in [5.74, 6) is -0.193. The third-order valence-electron chi connectivity index (χ3n) is 3.00. The summed E-state index contributed by atoms with van der Waals surface area (Å²) in [6, 6.07) is 1.96. The highest BCUT2D eigenvalue weighted by Crippen LogP contribution is 2.23. The summed E-state index contributed by atoms with van der Waals surface area (Å²) >= 11 is 3.48. The Morgan fingerprint density at radius 2 is 2.33 bits per heavy atom. The molecule has 9 heteroatoms. The first kappa shape index (κ1) is 13.7. The molecule has 0 aliphatic rings.